The monoisotopic (exact) mass is 544 g/mol. The molecular formula is C27H31F3N6O3. The first-order valence-electron chi connectivity index (χ1n) is 12.7. The molecule has 12 heteroatoms. The van der Waals surface area contributed by atoms with Gasteiger partial charge < -0.3 is 14.9 Å². The summed E-state index contributed by atoms with van der Waals surface area (Å²) in [6.45, 7) is 9.36. The molecule has 0 radical (unpaired) electrons. The van der Waals surface area contributed by atoms with Crippen molar-refractivity contribution in [2.24, 2.45) is 0 Å². The van der Waals surface area contributed by atoms with Crippen molar-refractivity contribution >= 4 is 17.8 Å². The number of carbonyl (C=O) groups is 2. The third-order valence-corrected chi connectivity index (χ3v) is 7.08. The molecule has 1 saturated heterocycles. The summed E-state index contributed by atoms with van der Waals surface area (Å²) in [5.41, 5.74) is 4.12. The number of carboxylic acid groups (broad SMARTS) is 1. The number of piperidine rings is 1. The van der Waals surface area contributed by atoms with Crippen molar-refractivity contribution in [3.05, 3.63) is 71.3 Å². The number of aromatic nitrogens is 4. The summed E-state index contributed by atoms with van der Waals surface area (Å²) >= 11 is 0. The molecule has 1 aromatic carbocycles. The summed E-state index contributed by atoms with van der Waals surface area (Å²) in [5, 5.41) is 12.2. The van der Waals surface area contributed by atoms with Gasteiger partial charge >= 0.3 is 12.1 Å². The predicted octanol–water partition coefficient (Wildman–Crippen LogP) is 4.39. The molecule has 1 N–H and O–H groups in total. The van der Waals surface area contributed by atoms with Gasteiger partial charge in [0.1, 0.15) is 0 Å². The molecule has 0 aliphatic carbocycles. The number of halogens is 3. The average molecular weight is 545 g/mol. The Morgan fingerprint density at radius 3 is 2.18 bits per heavy atom. The van der Waals surface area contributed by atoms with Crippen LogP contribution in [-0.2, 0) is 16.8 Å². The molecule has 1 amide bonds. The third kappa shape index (κ3) is 6.21. The van der Waals surface area contributed by atoms with Crippen molar-refractivity contribution in [3.63, 3.8) is 0 Å². The molecule has 0 saturated carbocycles. The Morgan fingerprint density at radius 2 is 1.64 bits per heavy atom. The Bertz CT molecular complexity index is 1300. The largest absolute Gasteiger partial charge is 0.490 e. The molecule has 0 unspecified atom stereocenters. The highest BCUT2D eigenvalue weighted by Gasteiger charge is 2.46. The van der Waals surface area contributed by atoms with Gasteiger partial charge in [0.05, 0.1) is 5.69 Å². The highest BCUT2D eigenvalue weighted by molar-refractivity contribution is 5.94. The maximum absolute atomic E-state index is 13.4. The number of carbonyl (C=O) groups excluding carboxylic acids is 1. The number of hydrogen-bond donors (Lipinski definition) is 1. The van der Waals surface area contributed by atoms with E-state index in [1.54, 1.807) is 12.4 Å². The number of nitrogens with zero attached hydrogens (tertiary/aromatic N) is 6. The van der Waals surface area contributed by atoms with Gasteiger partial charge in [0.2, 0.25) is 5.95 Å². The van der Waals surface area contributed by atoms with Gasteiger partial charge in [0, 0.05) is 67.4 Å². The standard InChI is InChI=1S/C25H30N6O.C2HF3O2/c1-18(2)31-16-21-15-30(23(32)20-7-5-19(3)6-8-20)17-25(22(21)28-31)9-13-29(14-10-25)24-26-11-4-12-27-24;3-2(4,5)1(6)7/h4-8,11-12,16,18H,9-10,13-15,17H2,1-3H3;(H,6,7). The highest BCUT2D eigenvalue weighted by atomic mass is 19.4. The predicted molar refractivity (Wildman–Crippen MR) is 137 cm³/mol. The van der Waals surface area contributed by atoms with E-state index in [2.05, 4.69) is 39.6 Å². The Hall–Kier alpha value is -3.96. The quantitative estimate of drug-likeness (QED) is 0.522. The first-order chi connectivity index (χ1) is 18.4. The van der Waals surface area contributed by atoms with E-state index in [-0.39, 0.29) is 17.4 Å². The lowest BCUT2D eigenvalue weighted by molar-refractivity contribution is -0.192. The van der Waals surface area contributed by atoms with Crippen molar-refractivity contribution in [1.29, 1.82) is 0 Å². The zero-order chi connectivity index (χ0) is 28.4. The molecule has 5 rings (SSSR count). The molecular weight excluding hydrogens is 513 g/mol. The van der Waals surface area contributed by atoms with Crippen LogP contribution in [-0.4, -0.2) is 67.4 Å². The third-order valence-electron chi connectivity index (χ3n) is 7.08. The van der Waals surface area contributed by atoms with Crippen LogP contribution >= 0.6 is 0 Å². The fraction of sp³-hybridized carbons (Fsp3) is 0.444. The maximum Gasteiger partial charge on any atom is 0.490 e. The van der Waals surface area contributed by atoms with Gasteiger partial charge in [-0.15, -0.1) is 0 Å². The highest BCUT2D eigenvalue weighted by Crippen LogP contribution is 2.42. The molecule has 2 aromatic heterocycles. The minimum absolute atomic E-state index is 0.0983. The van der Waals surface area contributed by atoms with E-state index in [9.17, 15) is 18.0 Å². The molecule has 0 bridgehead atoms. The summed E-state index contributed by atoms with van der Waals surface area (Å²) in [5.74, 6) is -1.88. The maximum atomic E-state index is 13.4. The van der Waals surface area contributed by atoms with Crippen LogP contribution in [0.3, 0.4) is 0 Å². The van der Waals surface area contributed by atoms with E-state index < -0.39 is 12.1 Å². The molecule has 1 fully saturated rings. The lowest BCUT2D eigenvalue weighted by atomic mass is 9.72. The second kappa shape index (κ2) is 11.0. The van der Waals surface area contributed by atoms with E-state index in [0.29, 0.717) is 13.1 Å². The number of aryl methyl sites for hydroxylation is 1. The molecule has 0 atom stereocenters. The number of alkyl halides is 3. The fourth-order valence-corrected chi connectivity index (χ4v) is 4.96. The van der Waals surface area contributed by atoms with Gasteiger partial charge in [-0.25, -0.2) is 14.8 Å². The van der Waals surface area contributed by atoms with Crippen molar-refractivity contribution in [1.82, 2.24) is 24.6 Å². The van der Waals surface area contributed by atoms with Gasteiger partial charge in [-0.2, -0.15) is 18.3 Å². The molecule has 1 spiro atoms. The van der Waals surface area contributed by atoms with Crippen LogP contribution in [0.1, 0.15) is 59.9 Å². The minimum Gasteiger partial charge on any atom is -0.475 e. The Balaban J connectivity index is 0.000000448. The summed E-state index contributed by atoms with van der Waals surface area (Å²) in [6.07, 6.45) is 2.48. The lowest BCUT2D eigenvalue weighted by Gasteiger charge is -2.46. The number of hydrogen-bond acceptors (Lipinski definition) is 6. The zero-order valence-electron chi connectivity index (χ0n) is 22.0. The number of anilines is 1. The molecule has 3 aromatic rings. The summed E-state index contributed by atoms with van der Waals surface area (Å²) in [7, 11) is 0. The number of aliphatic carboxylic acids is 1. The molecule has 4 heterocycles. The van der Waals surface area contributed by atoms with Crippen LogP contribution in [0, 0.1) is 6.92 Å². The number of benzene rings is 1. The van der Waals surface area contributed by atoms with Gasteiger partial charge in [0.15, 0.2) is 0 Å². The van der Waals surface area contributed by atoms with Crippen molar-refractivity contribution in [2.45, 2.75) is 57.8 Å². The van der Waals surface area contributed by atoms with Crippen LogP contribution < -0.4 is 4.90 Å². The van der Waals surface area contributed by atoms with Gasteiger partial charge in [-0.1, -0.05) is 17.7 Å². The second-order valence-electron chi connectivity index (χ2n) is 10.2. The number of carboxylic acids is 1. The van der Waals surface area contributed by atoms with E-state index in [4.69, 9.17) is 15.0 Å². The number of fused-ring (bicyclic) bond motifs is 2. The minimum atomic E-state index is -5.08. The fourth-order valence-electron chi connectivity index (χ4n) is 4.96. The van der Waals surface area contributed by atoms with Crippen LogP contribution in [0.15, 0.2) is 48.9 Å². The molecule has 2 aliphatic heterocycles. The summed E-state index contributed by atoms with van der Waals surface area (Å²) < 4.78 is 33.8. The molecule has 39 heavy (non-hydrogen) atoms. The Kier molecular flexibility index (Phi) is 7.94. The van der Waals surface area contributed by atoms with E-state index in [1.807, 2.05) is 42.2 Å². The van der Waals surface area contributed by atoms with Crippen molar-refractivity contribution in [2.75, 3.05) is 24.5 Å². The average Bonchev–Trinajstić information content (AvgIpc) is 3.35. The molecule has 2 aliphatic rings. The SMILES string of the molecule is Cc1ccc(C(=O)N2Cc3cn(C(C)C)nc3C3(CCN(c4ncccn4)CC3)C2)cc1.O=C(O)C(F)(F)F. The van der Waals surface area contributed by atoms with Gasteiger partial charge in [0.25, 0.3) is 5.91 Å². The molecule has 9 nitrogen and oxygen atoms in total. The Labute approximate surface area is 224 Å². The van der Waals surface area contributed by atoms with Crippen LogP contribution in [0.5, 0.6) is 0 Å². The van der Waals surface area contributed by atoms with E-state index in [0.717, 1.165) is 43.0 Å². The lowest BCUT2D eigenvalue weighted by Crippen LogP contribution is -2.53. The number of amides is 1. The van der Waals surface area contributed by atoms with Crippen LogP contribution in [0.25, 0.3) is 0 Å². The first kappa shape index (κ1) is 28.1. The number of rotatable bonds is 3. The summed E-state index contributed by atoms with van der Waals surface area (Å²) in [4.78, 5) is 35.5. The zero-order valence-corrected chi connectivity index (χ0v) is 22.0. The Morgan fingerprint density at radius 1 is 1.05 bits per heavy atom. The second-order valence-corrected chi connectivity index (χ2v) is 10.2. The first-order valence-corrected chi connectivity index (χ1v) is 12.7. The van der Waals surface area contributed by atoms with E-state index in [1.165, 1.54) is 11.3 Å². The van der Waals surface area contributed by atoms with Gasteiger partial charge in [-0.05, 0) is 51.8 Å². The smallest absolute Gasteiger partial charge is 0.475 e. The van der Waals surface area contributed by atoms with Crippen LogP contribution in [0.4, 0.5) is 19.1 Å². The topological polar surface area (TPSA) is 104 Å². The summed E-state index contributed by atoms with van der Waals surface area (Å²) in [6, 6.07) is 10.0. The van der Waals surface area contributed by atoms with Crippen LogP contribution in [0.2, 0.25) is 0 Å². The van der Waals surface area contributed by atoms with Gasteiger partial charge in [-0.3, -0.25) is 9.48 Å². The van der Waals surface area contributed by atoms with Crippen molar-refractivity contribution in [3.8, 4) is 0 Å². The molecule has 208 valence electrons. The van der Waals surface area contributed by atoms with Crippen molar-refractivity contribution < 1.29 is 27.9 Å². The van der Waals surface area contributed by atoms with E-state index >= 15 is 0 Å². The normalized spacial score (nSPS) is 16.5.